The quantitative estimate of drug-likeness (QED) is 0.364. The number of ether oxygens (including phenoxy) is 1. The van der Waals surface area contributed by atoms with E-state index in [1.807, 2.05) is 25.1 Å². The number of nitrogens with zero attached hydrogens (tertiary/aromatic N) is 2. The molecule has 1 aliphatic heterocycles. The first-order valence-electron chi connectivity index (χ1n) is 13.0. The molecule has 3 unspecified atom stereocenters. The van der Waals surface area contributed by atoms with Crippen LogP contribution < -0.4 is 9.75 Å². The number of hydrogen-bond acceptors (Lipinski definition) is 4. The Morgan fingerprint density at radius 2 is 1.87 bits per heavy atom. The van der Waals surface area contributed by atoms with Gasteiger partial charge in [0.25, 0.3) is 0 Å². The van der Waals surface area contributed by atoms with Crippen molar-refractivity contribution in [2.24, 2.45) is 16.9 Å². The zero-order valence-electron chi connectivity index (χ0n) is 21.7. The molecular weight excluding hydrogens is 512 g/mol. The van der Waals surface area contributed by atoms with E-state index in [0.717, 1.165) is 16.7 Å². The molecule has 0 aromatic heterocycles. The van der Waals surface area contributed by atoms with Crippen molar-refractivity contribution in [1.29, 1.82) is 0 Å². The fourth-order valence-corrected chi connectivity index (χ4v) is 5.73. The van der Waals surface area contributed by atoms with E-state index in [1.54, 1.807) is 31.4 Å². The van der Waals surface area contributed by atoms with Crippen LogP contribution >= 0.6 is 0 Å². The Morgan fingerprint density at radius 3 is 2.46 bits per heavy atom. The molecule has 0 amide bonds. The Bertz CT molecular complexity index is 1340. The third kappa shape index (κ3) is 5.72. The summed E-state index contributed by atoms with van der Waals surface area (Å²) in [5, 5.41) is 14.6. The highest BCUT2D eigenvalue weighted by atomic mass is 19.4. The molecule has 0 bridgehead atoms. The van der Waals surface area contributed by atoms with Crippen LogP contribution in [0.4, 0.5) is 23.2 Å². The SMILES string of the molecule is COc1ccc(F)c(C2C=C(C)C(Cc3ccc(N4N=C(C(F)(F)F)C(C5CC5)C4CC(=O)O)cc3)=CC2)c1. The highest BCUT2D eigenvalue weighted by Crippen LogP contribution is 2.48. The van der Waals surface area contributed by atoms with Gasteiger partial charge in [-0.1, -0.05) is 29.9 Å². The maximum absolute atomic E-state index is 14.5. The minimum Gasteiger partial charge on any atom is -0.497 e. The van der Waals surface area contributed by atoms with Crippen molar-refractivity contribution in [2.75, 3.05) is 12.1 Å². The molecule has 5 rings (SSSR count). The lowest BCUT2D eigenvalue weighted by Gasteiger charge is -2.27. The van der Waals surface area contributed by atoms with Crippen LogP contribution in [-0.2, 0) is 11.2 Å². The average Bonchev–Trinajstić information content (AvgIpc) is 3.66. The van der Waals surface area contributed by atoms with Gasteiger partial charge < -0.3 is 9.84 Å². The Balaban J connectivity index is 1.33. The van der Waals surface area contributed by atoms with Gasteiger partial charge in [-0.05, 0) is 85.6 Å². The topological polar surface area (TPSA) is 62.1 Å². The second-order valence-electron chi connectivity index (χ2n) is 10.5. The molecule has 39 heavy (non-hydrogen) atoms. The van der Waals surface area contributed by atoms with Crippen LogP contribution in [0.1, 0.15) is 49.7 Å². The molecule has 206 valence electrons. The molecule has 0 radical (unpaired) electrons. The summed E-state index contributed by atoms with van der Waals surface area (Å²) in [5.41, 5.74) is 3.22. The van der Waals surface area contributed by atoms with Gasteiger partial charge in [0.05, 0.1) is 25.3 Å². The lowest BCUT2D eigenvalue weighted by molar-refractivity contribution is -0.137. The molecule has 0 spiro atoms. The van der Waals surface area contributed by atoms with E-state index in [-0.39, 0.29) is 17.7 Å². The zero-order chi connectivity index (χ0) is 27.9. The summed E-state index contributed by atoms with van der Waals surface area (Å²) < 4.78 is 61.2. The second kappa shape index (κ2) is 10.5. The fraction of sp³-hybridized carbons (Fsp3) is 0.400. The smallest absolute Gasteiger partial charge is 0.431 e. The molecule has 2 aromatic carbocycles. The summed E-state index contributed by atoms with van der Waals surface area (Å²) in [6.07, 6.45) is 1.66. The van der Waals surface area contributed by atoms with Gasteiger partial charge in [0.1, 0.15) is 17.3 Å². The molecule has 5 nitrogen and oxygen atoms in total. The number of methoxy groups -OCH3 is 1. The number of carbonyl (C=O) groups is 1. The lowest BCUT2D eigenvalue weighted by Crippen LogP contribution is -2.39. The summed E-state index contributed by atoms with van der Waals surface area (Å²) in [6.45, 7) is 1.98. The summed E-state index contributed by atoms with van der Waals surface area (Å²) in [6, 6.07) is 10.9. The maximum atomic E-state index is 14.5. The molecule has 3 atom stereocenters. The van der Waals surface area contributed by atoms with E-state index >= 15 is 0 Å². The third-order valence-electron chi connectivity index (χ3n) is 7.84. The van der Waals surface area contributed by atoms with Gasteiger partial charge in [0, 0.05) is 11.8 Å². The van der Waals surface area contributed by atoms with E-state index in [4.69, 9.17) is 4.74 Å². The molecule has 2 aliphatic carbocycles. The van der Waals surface area contributed by atoms with Crippen molar-refractivity contribution in [3.8, 4) is 5.75 Å². The maximum Gasteiger partial charge on any atom is 0.431 e. The van der Waals surface area contributed by atoms with E-state index in [0.29, 0.717) is 42.7 Å². The highest BCUT2D eigenvalue weighted by molar-refractivity contribution is 5.96. The monoisotopic (exact) mass is 542 g/mol. The standard InChI is InChI=1S/C30H30F4N2O3/c1-17-13-21(24-15-23(39-2)11-12-25(24)31)8-7-20(17)14-18-3-9-22(10-4-18)36-26(16-27(37)38)28(19-5-6-19)29(35-36)30(32,33)34/h3-4,7,9-13,15,19,21,26,28H,5-6,8,14,16H2,1-2H3,(H,37,38). The number of alkyl halides is 3. The van der Waals surface area contributed by atoms with Crippen LogP contribution in [0.5, 0.6) is 5.75 Å². The molecule has 1 heterocycles. The van der Waals surface area contributed by atoms with Crippen LogP contribution in [0, 0.1) is 17.7 Å². The number of hydrazone groups is 1. The zero-order valence-corrected chi connectivity index (χ0v) is 21.7. The summed E-state index contributed by atoms with van der Waals surface area (Å²) in [5.74, 6) is -2.06. The van der Waals surface area contributed by atoms with Gasteiger partial charge in [-0.15, -0.1) is 0 Å². The normalized spacial score (nSPS) is 23.3. The Hall–Kier alpha value is -3.62. The summed E-state index contributed by atoms with van der Waals surface area (Å²) in [7, 11) is 1.55. The Morgan fingerprint density at radius 1 is 1.15 bits per heavy atom. The van der Waals surface area contributed by atoms with Crippen LogP contribution in [0.25, 0.3) is 0 Å². The van der Waals surface area contributed by atoms with Crippen LogP contribution in [-0.4, -0.2) is 36.1 Å². The van der Waals surface area contributed by atoms with Crippen molar-refractivity contribution in [3.63, 3.8) is 0 Å². The number of halogens is 4. The number of anilines is 1. The largest absolute Gasteiger partial charge is 0.497 e. The minimum absolute atomic E-state index is 0.104. The predicted molar refractivity (Wildman–Crippen MR) is 141 cm³/mol. The molecule has 1 saturated carbocycles. The first-order chi connectivity index (χ1) is 18.5. The number of aliphatic carboxylic acids is 1. The molecule has 1 fully saturated rings. The van der Waals surface area contributed by atoms with Crippen molar-refractivity contribution >= 4 is 17.4 Å². The van der Waals surface area contributed by atoms with Gasteiger partial charge in [-0.3, -0.25) is 9.80 Å². The molecule has 2 aromatic rings. The van der Waals surface area contributed by atoms with E-state index in [9.17, 15) is 27.5 Å². The highest BCUT2D eigenvalue weighted by Gasteiger charge is 2.55. The van der Waals surface area contributed by atoms with Gasteiger partial charge in [0.2, 0.25) is 0 Å². The third-order valence-corrected chi connectivity index (χ3v) is 7.84. The van der Waals surface area contributed by atoms with Crippen molar-refractivity contribution in [3.05, 3.63) is 82.7 Å². The van der Waals surface area contributed by atoms with E-state index < -0.39 is 36.2 Å². The van der Waals surface area contributed by atoms with Gasteiger partial charge in [-0.25, -0.2) is 4.39 Å². The molecular formula is C30H30F4N2O3. The van der Waals surface area contributed by atoms with E-state index in [1.165, 1.54) is 11.1 Å². The van der Waals surface area contributed by atoms with Gasteiger partial charge in [0.15, 0.2) is 0 Å². The molecule has 1 N–H and O–H groups in total. The number of hydrogen-bond donors (Lipinski definition) is 1. The number of carboxylic acid groups (broad SMARTS) is 1. The van der Waals surface area contributed by atoms with Crippen molar-refractivity contribution < 1.29 is 32.2 Å². The Kier molecular flexibility index (Phi) is 7.27. The number of rotatable bonds is 8. The minimum atomic E-state index is -4.61. The Labute approximate surface area is 224 Å². The first kappa shape index (κ1) is 27.0. The second-order valence-corrected chi connectivity index (χ2v) is 10.5. The van der Waals surface area contributed by atoms with Gasteiger partial charge >= 0.3 is 12.1 Å². The van der Waals surface area contributed by atoms with Crippen LogP contribution in [0.15, 0.2) is 70.9 Å². The summed E-state index contributed by atoms with van der Waals surface area (Å²) >= 11 is 0. The molecule has 9 heteroatoms. The molecule has 3 aliphatic rings. The first-order valence-corrected chi connectivity index (χ1v) is 13.0. The number of benzene rings is 2. The van der Waals surface area contributed by atoms with Crippen LogP contribution in [0.3, 0.4) is 0 Å². The van der Waals surface area contributed by atoms with Crippen molar-refractivity contribution in [2.45, 2.75) is 57.2 Å². The number of allylic oxidation sites excluding steroid dienone is 4. The summed E-state index contributed by atoms with van der Waals surface area (Å²) in [4.78, 5) is 11.6. The lowest BCUT2D eigenvalue weighted by atomic mass is 9.84. The molecule has 0 saturated heterocycles. The average molecular weight is 543 g/mol. The fourth-order valence-electron chi connectivity index (χ4n) is 5.73. The number of carboxylic acids is 1. The van der Waals surface area contributed by atoms with Crippen LogP contribution in [0.2, 0.25) is 0 Å². The van der Waals surface area contributed by atoms with E-state index in [2.05, 4.69) is 11.2 Å². The van der Waals surface area contributed by atoms with Gasteiger partial charge in [-0.2, -0.15) is 18.3 Å². The predicted octanol–water partition coefficient (Wildman–Crippen LogP) is 7.04. The van der Waals surface area contributed by atoms with Crippen molar-refractivity contribution in [1.82, 2.24) is 0 Å².